The SMILES string of the molecule is CNN=Cc1cc(Cl)cc(C=NNC)n1.[Cl-].[Cl-].[Co+2]. The Balaban J connectivity index is -0.000000750. The predicted octanol–water partition coefficient (Wildman–Crippen LogP) is -5.15. The van der Waals surface area contributed by atoms with Crippen LogP contribution in [0.2, 0.25) is 5.02 Å². The molecule has 0 fully saturated rings. The molecular weight excluding hydrogens is 343 g/mol. The zero-order valence-electron chi connectivity index (χ0n) is 9.62. The fourth-order valence-corrected chi connectivity index (χ4v) is 1.16. The second-order valence-corrected chi connectivity index (χ2v) is 3.04. The molecule has 0 aliphatic rings. The Hall–Kier alpha value is -0.534. The zero-order valence-corrected chi connectivity index (χ0v) is 12.9. The van der Waals surface area contributed by atoms with Crippen LogP contribution in [0.1, 0.15) is 11.4 Å². The summed E-state index contributed by atoms with van der Waals surface area (Å²) >= 11 is 5.90. The third kappa shape index (κ3) is 8.54. The van der Waals surface area contributed by atoms with Gasteiger partial charge < -0.3 is 35.7 Å². The van der Waals surface area contributed by atoms with E-state index in [0.717, 1.165) is 0 Å². The Bertz CT molecular complexity index is 354. The van der Waals surface area contributed by atoms with Crippen molar-refractivity contribution in [2.45, 2.75) is 0 Å². The van der Waals surface area contributed by atoms with Gasteiger partial charge in [0, 0.05) is 19.1 Å². The molecule has 0 amide bonds. The third-order valence-electron chi connectivity index (χ3n) is 1.48. The van der Waals surface area contributed by atoms with Crippen LogP contribution < -0.4 is 35.7 Å². The summed E-state index contributed by atoms with van der Waals surface area (Å²) < 4.78 is 0. The van der Waals surface area contributed by atoms with E-state index in [1.807, 2.05) is 0 Å². The summed E-state index contributed by atoms with van der Waals surface area (Å²) in [6.45, 7) is 0. The van der Waals surface area contributed by atoms with Crippen molar-refractivity contribution in [3.63, 3.8) is 0 Å². The van der Waals surface area contributed by atoms with Crippen LogP contribution in [-0.2, 0) is 16.8 Å². The summed E-state index contributed by atoms with van der Waals surface area (Å²) in [6, 6.07) is 3.44. The Morgan fingerprint density at radius 2 is 1.44 bits per heavy atom. The maximum absolute atomic E-state index is 5.90. The average Bonchev–Trinajstić information content (AvgIpc) is 2.23. The van der Waals surface area contributed by atoms with Crippen LogP contribution in [0, 0.1) is 0 Å². The first-order valence-electron chi connectivity index (χ1n) is 4.33. The van der Waals surface area contributed by atoms with Gasteiger partial charge in [-0.3, -0.25) is 0 Å². The van der Waals surface area contributed by atoms with Gasteiger partial charge in [-0.15, -0.1) is 0 Å². The summed E-state index contributed by atoms with van der Waals surface area (Å²) in [4.78, 5) is 4.25. The maximum Gasteiger partial charge on any atom is 2.00 e. The molecule has 0 spiro atoms. The first-order valence-corrected chi connectivity index (χ1v) is 4.71. The fourth-order valence-electron chi connectivity index (χ4n) is 0.931. The number of nitrogens with one attached hydrogen (secondary N) is 2. The van der Waals surface area contributed by atoms with Gasteiger partial charge in [0.25, 0.3) is 0 Å². The van der Waals surface area contributed by atoms with Gasteiger partial charge in [-0.2, -0.15) is 10.2 Å². The standard InChI is InChI=1S/C9H12ClN5.2ClH.Co/c1-11-13-5-8-3-7(10)4-9(15-8)6-14-12-2;;;/h3-6,11-12H,1-2H3;2*1H;/q;;;+2/p-2. The van der Waals surface area contributed by atoms with Gasteiger partial charge in [0.05, 0.1) is 23.8 Å². The maximum atomic E-state index is 5.90. The molecule has 0 unspecified atom stereocenters. The van der Waals surface area contributed by atoms with Gasteiger partial charge >= 0.3 is 16.8 Å². The summed E-state index contributed by atoms with van der Waals surface area (Å²) in [6.07, 6.45) is 3.17. The molecule has 1 heterocycles. The van der Waals surface area contributed by atoms with E-state index < -0.39 is 0 Å². The Morgan fingerprint density at radius 1 is 1.06 bits per heavy atom. The van der Waals surface area contributed by atoms with Crippen LogP contribution in [0.4, 0.5) is 0 Å². The van der Waals surface area contributed by atoms with E-state index in [1.54, 1.807) is 38.7 Å². The first-order chi connectivity index (χ1) is 7.26. The van der Waals surface area contributed by atoms with Crippen LogP contribution in [0.5, 0.6) is 0 Å². The molecule has 0 saturated carbocycles. The second-order valence-electron chi connectivity index (χ2n) is 2.60. The van der Waals surface area contributed by atoms with Crippen molar-refractivity contribution in [3.05, 3.63) is 28.5 Å². The van der Waals surface area contributed by atoms with E-state index in [9.17, 15) is 0 Å². The van der Waals surface area contributed by atoms with Crippen LogP contribution in [0.15, 0.2) is 22.3 Å². The summed E-state index contributed by atoms with van der Waals surface area (Å²) in [5, 5.41) is 8.29. The molecule has 1 radical (unpaired) electrons. The van der Waals surface area contributed by atoms with Gasteiger partial charge in [-0.05, 0) is 12.1 Å². The zero-order chi connectivity index (χ0) is 11.1. The number of aromatic nitrogens is 1. The normalized spacial score (nSPS) is 9.28. The molecular formula is C9H12Cl3CoN5. The molecule has 2 N–H and O–H groups in total. The first kappa shape index (κ1) is 22.6. The summed E-state index contributed by atoms with van der Waals surface area (Å²) in [7, 11) is 3.43. The van der Waals surface area contributed by atoms with Gasteiger partial charge in [-0.25, -0.2) is 4.98 Å². The molecule has 9 heteroatoms. The molecule has 0 aliphatic carbocycles. The number of pyridine rings is 1. The minimum atomic E-state index is 0. The number of hydrazone groups is 2. The molecule has 1 aromatic rings. The molecule has 0 aliphatic heterocycles. The van der Waals surface area contributed by atoms with Crippen LogP contribution in [-0.4, -0.2) is 31.5 Å². The quantitative estimate of drug-likeness (QED) is 0.420. The van der Waals surface area contributed by atoms with Crippen molar-refractivity contribution in [3.8, 4) is 0 Å². The third-order valence-corrected chi connectivity index (χ3v) is 1.70. The number of halogens is 3. The minimum Gasteiger partial charge on any atom is -1.00 e. The van der Waals surface area contributed by atoms with Crippen molar-refractivity contribution < 1.29 is 41.6 Å². The van der Waals surface area contributed by atoms with Crippen LogP contribution in [0.25, 0.3) is 0 Å². The van der Waals surface area contributed by atoms with E-state index in [4.69, 9.17) is 11.6 Å². The van der Waals surface area contributed by atoms with Crippen LogP contribution in [0.3, 0.4) is 0 Å². The Kier molecular flexibility index (Phi) is 16.2. The molecule has 103 valence electrons. The summed E-state index contributed by atoms with van der Waals surface area (Å²) in [5.74, 6) is 0. The molecule has 5 nitrogen and oxygen atoms in total. The number of hydrogen-bond acceptors (Lipinski definition) is 5. The van der Waals surface area contributed by atoms with Crippen molar-refractivity contribution in [1.82, 2.24) is 15.8 Å². The minimum absolute atomic E-state index is 0. The molecule has 18 heavy (non-hydrogen) atoms. The molecule has 0 saturated heterocycles. The van der Waals surface area contributed by atoms with E-state index in [-0.39, 0.29) is 41.6 Å². The number of nitrogens with zero attached hydrogens (tertiary/aromatic N) is 3. The monoisotopic (exact) mass is 354 g/mol. The predicted molar refractivity (Wildman–Crippen MR) is 62.6 cm³/mol. The van der Waals surface area contributed by atoms with Crippen LogP contribution >= 0.6 is 11.6 Å². The van der Waals surface area contributed by atoms with Gasteiger partial charge in [0.1, 0.15) is 0 Å². The molecule has 0 aromatic carbocycles. The molecule has 0 atom stereocenters. The van der Waals surface area contributed by atoms with E-state index in [2.05, 4.69) is 26.0 Å². The van der Waals surface area contributed by atoms with Crippen molar-refractivity contribution in [1.29, 1.82) is 0 Å². The van der Waals surface area contributed by atoms with Gasteiger partial charge in [-0.1, -0.05) is 11.6 Å². The van der Waals surface area contributed by atoms with E-state index >= 15 is 0 Å². The average molecular weight is 356 g/mol. The largest absolute Gasteiger partial charge is 2.00 e. The second kappa shape index (κ2) is 12.9. The van der Waals surface area contributed by atoms with E-state index in [0.29, 0.717) is 16.4 Å². The van der Waals surface area contributed by atoms with Gasteiger partial charge in [0.2, 0.25) is 0 Å². The Labute approximate surface area is 134 Å². The van der Waals surface area contributed by atoms with Gasteiger partial charge in [0.15, 0.2) is 0 Å². The fraction of sp³-hybridized carbons (Fsp3) is 0.222. The van der Waals surface area contributed by atoms with Crippen molar-refractivity contribution >= 4 is 24.0 Å². The number of hydrogen-bond donors (Lipinski definition) is 2. The summed E-state index contributed by atoms with van der Waals surface area (Å²) in [5.41, 5.74) is 6.63. The Morgan fingerprint density at radius 3 is 1.78 bits per heavy atom. The molecule has 0 bridgehead atoms. The van der Waals surface area contributed by atoms with Crippen molar-refractivity contribution in [2.24, 2.45) is 10.2 Å². The molecule has 1 rings (SSSR count). The number of rotatable bonds is 4. The van der Waals surface area contributed by atoms with Crippen molar-refractivity contribution in [2.75, 3.05) is 14.1 Å². The topological polar surface area (TPSA) is 61.7 Å². The smallest absolute Gasteiger partial charge is 1.00 e. The van der Waals surface area contributed by atoms with E-state index in [1.165, 1.54) is 0 Å². The molecule has 1 aromatic heterocycles.